The zero-order valence-corrected chi connectivity index (χ0v) is 17.2. The van der Waals surface area contributed by atoms with Crippen molar-refractivity contribution >= 4 is 0 Å². The Balaban J connectivity index is 1.51. The van der Waals surface area contributed by atoms with Crippen molar-refractivity contribution in [2.24, 2.45) is 0 Å². The normalized spacial score (nSPS) is 17.2. The minimum atomic E-state index is -1.11. The standard InChI is InChI=1S/C27H28N2O/c30-27(24-13-3-1-4-14-24,25-15-5-2-6-16-25)18-8-10-21-29-20-9-7-17-26(29)23-12-11-19-28-22-23/h1-6,11-16,19,22,26,30H,7,9,17-18,20-21H2/t26-/m0/s1. The summed E-state index contributed by atoms with van der Waals surface area (Å²) in [6.45, 7) is 1.76. The van der Waals surface area contributed by atoms with E-state index in [1.165, 1.54) is 18.4 Å². The topological polar surface area (TPSA) is 36.4 Å². The molecule has 1 atom stereocenters. The lowest BCUT2D eigenvalue weighted by Crippen LogP contribution is -2.33. The zero-order valence-electron chi connectivity index (χ0n) is 17.2. The molecule has 1 saturated heterocycles. The lowest BCUT2D eigenvalue weighted by molar-refractivity contribution is 0.0864. The second-order valence-electron chi connectivity index (χ2n) is 7.89. The van der Waals surface area contributed by atoms with E-state index < -0.39 is 5.60 Å². The van der Waals surface area contributed by atoms with Gasteiger partial charge in [-0.1, -0.05) is 85.0 Å². The molecule has 2 heterocycles. The number of pyridine rings is 1. The van der Waals surface area contributed by atoms with Crippen molar-refractivity contribution in [3.05, 3.63) is 102 Å². The number of piperidine rings is 1. The van der Waals surface area contributed by atoms with Crippen LogP contribution in [-0.4, -0.2) is 28.1 Å². The van der Waals surface area contributed by atoms with Gasteiger partial charge < -0.3 is 5.11 Å². The number of aromatic nitrogens is 1. The van der Waals surface area contributed by atoms with Gasteiger partial charge in [-0.15, -0.1) is 0 Å². The molecule has 3 aromatic rings. The molecule has 1 aliphatic rings. The summed E-state index contributed by atoms with van der Waals surface area (Å²) >= 11 is 0. The molecule has 0 amide bonds. The highest BCUT2D eigenvalue weighted by Gasteiger charge is 2.30. The molecule has 0 radical (unpaired) electrons. The first-order valence-corrected chi connectivity index (χ1v) is 10.7. The zero-order chi connectivity index (χ0) is 20.7. The predicted octanol–water partition coefficient (Wildman–Crippen LogP) is 4.94. The van der Waals surface area contributed by atoms with Gasteiger partial charge in [0, 0.05) is 24.9 Å². The van der Waals surface area contributed by atoms with Gasteiger partial charge in [0.15, 0.2) is 0 Å². The molecule has 1 fully saturated rings. The summed E-state index contributed by atoms with van der Waals surface area (Å²) in [4.78, 5) is 6.74. The summed E-state index contributed by atoms with van der Waals surface area (Å²) in [5.74, 6) is 6.63. The average Bonchev–Trinajstić information content (AvgIpc) is 2.83. The molecule has 0 saturated carbocycles. The largest absolute Gasteiger partial charge is 0.379 e. The number of rotatable bonds is 5. The Hall–Kier alpha value is -2.93. The van der Waals surface area contributed by atoms with Crippen LogP contribution in [0.3, 0.4) is 0 Å². The molecule has 30 heavy (non-hydrogen) atoms. The fourth-order valence-electron chi connectivity index (χ4n) is 4.28. The minimum absolute atomic E-state index is 0.367. The number of nitrogens with zero attached hydrogens (tertiary/aromatic N) is 2. The van der Waals surface area contributed by atoms with E-state index in [1.54, 1.807) is 0 Å². The van der Waals surface area contributed by atoms with E-state index in [9.17, 15) is 5.11 Å². The Kier molecular flexibility index (Phi) is 6.59. The molecule has 1 aromatic heterocycles. The number of likely N-dealkylation sites (tertiary alicyclic amines) is 1. The summed E-state index contributed by atoms with van der Waals surface area (Å²) < 4.78 is 0. The van der Waals surface area contributed by atoms with Crippen molar-refractivity contribution in [1.29, 1.82) is 0 Å². The van der Waals surface area contributed by atoms with E-state index >= 15 is 0 Å². The highest BCUT2D eigenvalue weighted by molar-refractivity contribution is 5.37. The van der Waals surface area contributed by atoms with Gasteiger partial charge in [-0.3, -0.25) is 9.88 Å². The van der Waals surface area contributed by atoms with Crippen LogP contribution in [0.15, 0.2) is 85.2 Å². The summed E-state index contributed by atoms with van der Waals surface area (Å²) in [5.41, 5.74) is 1.90. The van der Waals surface area contributed by atoms with Gasteiger partial charge in [-0.05, 0) is 42.1 Å². The third-order valence-corrected chi connectivity index (χ3v) is 5.94. The molecule has 3 heteroatoms. The maximum absolute atomic E-state index is 11.6. The van der Waals surface area contributed by atoms with Crippen molar-refractivity contribution in [2.45, 2.75) is 37.3 Å². The van der Waals surface area contributed by atoms with E-state index in [1.807, 2.05) is 79.1 Å². The maximum Gasteiger partial charge on any atom is 0.125 e. The molecular formula is C27H28N2O. The van der Waals surface area contributed by atoms with Gasteiger partial charge in [0.1, 0.15) is 5.60 Å². The summed E-state index contributed by atoms with van der Waals surface area (Å²) in [6.07, 6.45) is 7.75. The molecule has 0 bridgehead atoms. The number of hydrogen-bond acceptors (Lipinski definition) is 3. The summed E-state index contributed by atoms with van der Waals surface area (Å²) in [6, 6.07) is 24.2. The van der Waals surface area contributed by atoms with E-state index in [-0.39, 0.29) is 0 Å². The van der Waals surface area contributed by atoms with Gasteiger partial charge in [-0.2, -0.15) is 0 Å². The van der Waals surface area contributed by atoms with Crippen LogP contribution in [0.5, 0.6) is 0 Å². The molecule has 1 aliphatic heterocycles. The summed E-state index contributed by atoms with van der Waals surface area (Å²) in [5, 5.41) is 11.6. The maximum atomic E-state index is 11.6. The molecule has 0 spiro atoms. The quantitative estimate of drug-likeness (QED) is 0.621. The first kappa shape index (κ1) is 20.3. The highest BCUT2D eigenvalue weighted by Crippen LogP contribution is 2.33. The molecule has 2 aromatic carbocycles. The van der Waals surface area contributed by atoms with Gasteiger partial charge in [-0.25, -0.2) is 0 Å². The van der Waals surface area contributed by atoms with Gasteiger partial charge >= 0.3 is 0 Å². The monoisotopic (exact) mass is 396 g/mol. The predicted molar refractivity (Wildman–Crippen MR) is 121 cm³/mol. The van der Waals surface area contributed by atoms with Crippen molar-refractivity contribution in [3.63, 3.8) is 0 Å². The number of benzene rings is 2. The van der Waals surface area contributed by atoms with E-state index in [0.29, 0.717) is 19.0 Å². The third kappa shape index (κ3) is 4.62. The average molecular weight is 397 g/mol. The molecule has 0 aliphatic carbocycles. The number of hydrogen-bond donors (Lipinski definition) is 1. The van der Waals surface area contributed by atoms with Crippen LogP contribution in [0.4, 0.5) is 0 Å². The molecule has 0 unspecified atom stereocenters. The molecule has 1 N–H and O–H groups in total. The van der Waals surface area contributed by atoms with Crippen LogP contribution in [0.2, 0.25) is 0 Å². The summed E-state index contributed by atoms with van der Waals surface area (Å²) in [7, 11) is 0. The highest BCUT2D eigenvalue weighted by atomic mass is 16.3. The number of aliphatic hydroxyl groups is 1. The van der Waals surface area contributed by atoms with E-state index in [4.69, 9.17) is 0 Å². The Labute approximate surface area is 179 Å². The van der Waals surface area contributed by atoms with Crippen molar-refractivity contribution in [3.8, 4) is 11.8 Å². The van der Waals surface area contributed by atoms with Gasteiger partial charge in [0.2, 0.25) is 0 Å². The van der Waals surface area contributed by atoms with Crippen molar-refractivity contribution < 1.29 is 5.11 Å². The fraction of sp³-hybridized carbons (Fsp3) is 0.296. The SMILES string of the molecule is OC(CC#CCN1CCCC[C@H]1c1cccnc1)(c1ccccc1)c1ccccc1. The van der Waals surface area contributed by atoms with Crippen LogP contribution < -0.4 is 0 Å². The fourth-order valence-corrected chi connectivity index (χ4v) is 4.28. The van der Waals surface area contributed by atoms with Gasteiger partial charge in [0.05, 0.1) is 6.54 Å². The Morgan fingerprint density at radius 3 is 2.23 bits per heavy atom. The van der Waals surface area contributed by atoms with Crippen molar-refractivity contribution in [1.82, 2.24) is 9.88 Å². The molecular weight excluding hydrogens is 368 g/mol. The molecule has 152 valence electrons. The lowest BCUT2D eigenvalue weighted by Gasteiger charge is -2.34. The second kappa shape index (κ2) is 9.71. The third-order valence-electron chi connectivity index (χ3n) is 5.94. The molecule has 3 nitrogen and oxygen atoms in total. The lowest BCUT2D eigenvalue weighted by atomic mass is 9.84. The smallest absolute Gasteiger partial charge is 0.125 e. The minimum Gasteiger partial charge on any atom is -0.379 e. The Morgan fingerprint density at radius 1 is 0.900 bits per heavy atom. The van der Waals surface area contributed by atoms with Crippen LogP contribution in [0.1, 0.15) is 48.4 Å². The van der Waals surface area contributed by atoms with Crippen LogP contribution in [0, 0.1) is 11.8 Å². The van der Waals surface area contributed by atoms with Crippen LogP contribution in [0.25, 0.3) is 0 Å². The van der Waals surface area contributed by atoms with Gasteiger partial charge in [0.25, 0.3) is 0 Å². The second-order valence-corrected chi connectivity index (χ2v) is 7.89. The van der Waals surface area contributed by atoms with E-state index in [2.05, 4.69) is 27.8 Å². The Morgan fingerprint density at radius 2 is 1.60 bits per heavy atom. The van der Waals surface area contributed by atoms with Crippen LogP contribution >= 0.6 is 0 Å². The van der Waals surface area contributed by atoms with Crippen LogP contribution in [-0.2, 0) is 5.60 Å². The van der Waals surface area contributed by atoms with Crippen molar-refractivity contribution in [2.75, 3.05) is 13.1 Å². The first-order valence-electron chi connectivity index (χ1n) is 10.7. The first-order chi connectivity index (χ1) is 14.8. The van der Waals surface area contributed by atoms with E-state index in [0.717, 1.165) is 24.1 Å². The molecule has 4 rings (SSSR count). The Bertz CT molecular complexity index is 937.